The first-order chi connectivity index (χ1) is 10.2. The van der Waals surface area contributed by atoms with E-state index in [1.165, 1.54) is 24.8 Å². The van der Waals surface area contributed by atoms with E-state index < -0.39 is 0 Å². The van der Waals surface area contributed by atoms with Gasteiger partial charge in [0, 0.05) is 11.5 Å². The SMILES string of the molecule is CCOc1ccc([C@@]23C=CCCC2N(C)CC3)cc1OC. The van der Waals surface area contributed by atoms with Crippen molar-refractivity contribution in [2.24, 2.45) is 0 Å². The van der Waals surface area contributed by atoms with E-state index >= 15 is 0 Å². The van der Waals surface area contributed by atoms with Crippen molar-refractivity contribution in [1.29, 1.82) is 0 Å². The van der Waals surface area contributed by atoms with Crippen molar-refractivity contribution in [2.75, 3.05) is 27.3 Å². The Morgan fingerprint density at radius 2 is 2.19 bits per heavy atom. The zero-order chi connectivity index (χ0) is 14.9. The number of ether oxygens (including phenoxy) is 2. The van der Waals surface area contributed by atoms with Gasteiger partial charge in [0.25, 0.3) is 0 Å². The molecule has 1 saturated heterocycles. The maximum atomic E-state index is 5.65. The van der Waals surface area contributed by atoms with Gasteiger partial charge in [0.05, 0.1) is 13.7 Å². The summed E-state index contributed by atoms with van der Waals surface area (Å²) in [6.07, 6.45) is 8.38. The van der Waals surface area contributed by atoms with E-state index in [4.69, 9.17) is 9.47 Å². The molecule has 0 bridgehead atoms. The molecule has 1 heterocycles. The maximum absolute atomic E-state index is 5.65. The first kappa shape index (κ1) is 14.5. The number of rotatable bonds is 4. The molecule has 1 aliphatic heterocycles. The van der Waals surface area contributed by atoms with Crippen LogP contribution in [0.2, 0.25) is 0 Å². The highest BCUT2D eigenvalue weighted by Crippen LogP contribution is 2.46. The predicted octanol–water partition coefficient (Wildman–Crippen LogP) is 3.39. The molecule has 0 saturated carbocycles. The minimum atomic E-state index is 0.144. The molecule has 3 rings (SSSR count). The van der Waals surface area contributed by atoms with Crippen LogP contribution < -0.4 is 9.47 Å². The highest BCUT2D eigenvalue weighted by molar-refractivity contribution is 5.48. The third-order valence-electron chi connectivity index (χ3n) is 5.03. The van der Waals surface area contributed by atoms with Crippen LogP contribution in [-0.2, 0) is 5.41 Å². The van der Waals surface area contributed by atoms with Gasteiger partial charge in [-0.2, -0.15) is 0 Å². The number of fused-ring (bicyclic) bond motifs is 1. The summed E-state index contributed by atoms with van der Waals surface area (Å²) in [6.45, 7) is 3.81. The minimum absolute atomic E-state index is 0.144. The second-order valence-corrected chi connectivity index (χ2v) is 6.07. The van der Waals surface area contributed by atoms with E-state index in [-0.39, 0.29) is 5.41 Å². The standard InChI is InChI=1S/C18H25NO2/c1-4-21-15-9-8-14(13-16(15)20-3)18-10-6-5-7-17(18)19(2)12-11-18/h6,8-10,13,17H,4-5,7,11-12H2,1-3H3/t17?,18-/m0/s1. The van der Waals surface area contributed by atoms with Gasteiger partial charge in [0.2, 0.25) is 0 Å². The summed E-state index contributed by atoms with van der Waals surface area (Å²) in [7, 11) is 3.96. The summed E-state index contributed by atoms with van der Waals surface area (Å²) in [5.41, 5.74) is 1.50. The van der Waals surface area contributed by atoms with Crippen LogP contribution in [0.5, 0.6) is 11.5 Å². The number of benzene rings is 1. The molecule has 2 aliphatic rings. The van der Waals surface area contributed by atoms with Gasteiger partial charge in [-0.3, -0.25) is 0 Å². The molecule has 0 aromatic heterocycles. The summed E-state index contributed by atoms with van der Waals surface area (Å²) in [5.74, 6) is 1.68. The highest BCUT2D eigenvalue weighted by atomic mass is 16.5. The Morgan fingerprint density at radius 1 is 1.33 bits per heavy atom. The fourth-order valence-corrected chi connectivity index (χ4v) is 3.96. The molecule has 114 valence electrons. The van der Waals surface area contributed by atoms with Gasteiger partial charge in [-0.1, -0.05) is 18.2 Å². The average Bonchev–Trinajstić information content (AvgIpc) is 2.87. The Hall–Kier alpha value is -1.48. The zero-order valence-corrected chi connectivity index (χ0v) is 13.3. The minimum Gasteiger partial charge on any atom is -0.493 e. The van der Waals surface area contributed by atoms with Crippen LogP contribution in [0.1, 0.15) is 31.7 Å². The molecule has 1 fully saturated rings. The second kappa shape index (κ2) is 5.72. The van der Waals surface area contributed by atoms with Crippen LogP contribution >= 0.6 is 0 Å². The van der Waals surface area contributed by atoms with Crippen molar-refractivity contribution in [3.05, 3.63) is 35.9 Å². The zero-order valence-electron chi connectivity index (χ0n) is 13.3. The van der Waals surface area contributed by atoms with E-state index in [9.17, 15) is 0 Å². The molecular weight excluding hydrogens is 262 g/mol. The van der Waals surface area contributed by atoms with Crippen LogP contribution in [0.15, 0.2) is 30.4 Å². The molecule has 0 N–H and O–H groups in total. The number of nitrogens with zero attached hydrogens (tertiary/aromatic N) is 1. The van der Waals surface area contributed by atoms with E-state index in [1.807, 2.05) is 6.92 Å². The van der Waals surface area contributed by atoms with Crippen molar-refractivity contribution in [1.82, 2.24) is 4.90 Å². The maximum Gasteiger partial charge on any atom is 0.161 e. The number of hydrogen-bond donors (Lipinski definition) is 0. The Kier molecular flexibility index (Phi) is 3.94. The molecule has 3 heteroatoms. The fourth-order valence-electron chi connectivity index (χ4n) is 3.96. The summed E-state index contributed by atoms with van der Waals surface area (Å²) >= 11 is 0. The molecule has 3 nitrogen and oxygen atoms in total. The summed E-state index contributed by atoms with van der Waals surface area (Å²) < 4.78 is 11.2. The topological polar surface area (TPSA) is 21.7 Å². The van der Waals surface area contributed by atoms with Crippen molar-refractivity contribution < 1.29 is 9.47 Å². The van der Waals surface area contributed by atoms with Crippen LogP contribution in [0.25, 0.3) is 0 Å². The van der Waals surface area contributed by atoms with Crippen molar-refractivity contribution in [2.45, 2.75) is 37.6 Å². The smallest absolute Gasteiger partial charge is 0.161 e. The molecule has 1 aliphatic carbocycles. The Labute approximate surface area is 127 Å². The predicted molar refractivity (Wildman–Crippen MR) is 85.3 cm³/mol. The van der Waals surface area contributed by atoms with Gasteiger partial charge in [-0.05, 0) is 57.5 Å². The van der Waals surface area contributed by atoms with E-state index in [0.717, 1.165) is 18.0 Å². The second-order valence-electron chi connectivity index (χ2n) is 6.07. The third-order valence-corrected chi connectivity index (χ3v) is 5.03. The normalized spacial score (nSPS) is 28.4. The van der Waals surface area contributed by atoms with Crippen LogP contribution in [0.3, 0.4) is 0 Å². The summed E-state index contributed by atoms with van der Waals surface area (Å²) in [4.78, 5) is 2.51. The summed E-state index contributed by atoms with van der Waals surface area (Å²) in [5, 5.41) is 0. The number of methoxy groups -OCH3 is 1. The van der Waals surface area contributed by atoms with Gasteiger partial charge < -0.3 is 14.4 Å². The van der Waals surface area contributed by atoms with Gasteiger partial charge in [0.1, 0.15) is 0 Å². The average molecular weight is 287 g/mol. The molecule has 1 unspecified atom stereocenters. The van der Waals surface area contributed by atoms with E-state index in [1.54, 1.807) is 7.11 Å². The van der Waals surface area contributed by atoms with Gasteiger partial charge >= 0.3 is 0 Å². The largest absolute Gasteiger partial charge is 0.493 e. The summed E-state index contributed by atoms with van der Waals surface area (Å²) in [6, 6.07) is 7.05. The molecule has 0 radical (unpaired) electrons. The van der Waals surface area contributed by atoms with Gasteiger partial charge in [0.15, 0.2) is 11.5 Å². The highest BCUT2D eigenvalue weighted by Gasteiger charge is 2.46. The van der Waals surface area contributed by atoms with Crippen molar-refractivity contribution in [3.8, 4) is 11.5 Å². The first-order valence-electron chi connectivity index (χ1n) is 7.90. The van der Waals surface area contributed by atoms with Gasteiger partial charge in [-0.25, -0.2) is 0 Å². The third kappa shape index (κ3) is 2.34. The molecule has 2 atom stereocenters. The van der Waals surface area contributed by atoms with Gasteiger partial charge in [-0.15, -0.1) is 0 Å². The Balaban J connectivity index is 2.02. The molecule has 1 aromatic carbocycles. The van der Waals surface area contributed by atoms with Crippen LogP contribution in [0, 0.1) is 0 Å². The molecule has 1 aromatic rings. The monoisotopic (exact) mass is 287 g/mol. The van der Waals surface area contributed by atoms with E-state index in [2.05, 4.69) is 42.3 Å². The molecule has 21 heavy (non-hydrogen) atoms. The first-order valence-corrected chi connectivity index (χ1v) is 7.90. The number of hydrogen-bond acceptors (Lipinski definition) is 3. The number of likely N-dealkylation sites (N-methyl/N-ethyl adjacent to an activating group) is 1. The fraction of sp³-hybridized carbons (Fsp3) is 0.556. The van der Waals surface area contributed by atoms with Crippen LogP contribution in [0.4, 0.5) is 0 Å². The number of allylic oxidation sites excluding steroid dienone is 1. The lowest BCUT2D eigenvalue weighted by Gasteiger charge is -2.38. The lowest BCUT2D eigenvalue weighted by molar-refractivity contribution is 0.248. The van der Waals surface area contributed by atoms with Crippen LogP contribution in [-0.4, -0.2) is 38.3 Å². The molecular formula is C18H25NO2. The van der Waals surface area contributed by atoms with E-state index in [0.29, 0.717) is 12.6 Å². The molecule has 0 amide bonds. The van der Waals surface area contributed by atoms with Crippen molar-refractivity contribution in [3.63, 3.8) is 0 Å². The lowest BCUT2D eigenvalue weighted by Crippen LogP contribution is -2.41. The Morgan fingerprint density at radius 3 is 2.95 bits per heavy atom. The number of likely N-dealkylation sites (tertiary alicyclic amines) is 1. The Bertz CT molecular complexity index is 540. The quantitative estimate of drug-likeness (QED) is 0.792. The lowest BCUT2D eigenvalue weighted by atomic mass is 9.70. The van der Waals surface area contributed by atoms with Crippen molar-refractivity contribution >= 4 is 0 Å². The molecule has 0 spiro atoms.